The molecule has 0 aliphatic carbocycles. The summed E-state index contributed by atoms with van der Waals surface area (Å²) in [6.45, 7) is -0.0183. The SMILES string of the molecule is O=C(NCC(O)c1c(Cl)cccc1Cl)Nc1cccnc1. The van der Waals surface area contributed by atoms with Crippen LogP contribution in [0.25, 0.3) is 0 Å². The van der Waals surface area contributed by atoms with Crippen LogP contribution in [0.5, 0.6) is 0 Å². The van der Waals surface area contributed by atoms with Gasteiger partial charge in [-0.3, -0.25) is 4.98 Å². The molecule has 5 nitrogen and oxygen atoms in total. The zero-order valence-corrected chi connectivity index (χ0v) is 12.4. The van der Waals surface area contributed by atoms with Crippen molar-refractivity contribution in [2.24, 2.45) is 0 Å². The van der Waals surface area contributed by atoms with Gasteiger partial charge in [0.05, 0.1) is 18.0 Å². The van der Waals surface area contributed by atoms with Gasteiger partial charge in [-0.25, -0.2) is 4.79 Å². The number of aromatic nitrogens is 1. The van der Waals surface area contributed by atoms with E-state index in [0.717, 1.165) is 0 Å². The van der Waals surface area contributed by atoms with E-state index in [9.17, 15) is 9.90 Å². The number of hydrogen-bond donors (Lipinski definition) is 3. The van der Waals surface area contributed by atoms with E-state index in [-0.39, 0.29) is 6.54 Å². The van der Waals surface area contributed by atoms with Crippen LogP contribution < -0.4 is 10.6 Å². The number of nitrogens with zero attached hydrogens (tertiary/aromatic N) is 1. The van der Waals surface area contributed by atoms with Gasteiger partial charge in [0.25, 0.3) is 0 Å². The van der Waals surface area contributed by atoms with Crippen molar-refractivity contribution in [1.82, 2.24) is 10.3 Å². The first kappa shape index (κ1) is 15.6. The van der Waals surface area contributed by atoms with Crippen molar-refractivity contribution >= 4 is 34.9 Å². The molecule has 1 aromatic heterocycles. The lowest BCUT2D eigenvalue weighted by molar-refractivity contribution is 0.175. The van der Waals surface area contributed by atoms with Crippen molar-refractivity contribution in [2.75, 3.05) is 11.9 Å². The molecule has 1 heterocycles. The Balaban J connectivity index is 1.92. The number of carbonyl (C=O) groups is 1. The second-order valence-corrected chi connectivity index (χ2v) is 5.04. The highest BCUT2D eigenvalue weighted by molar-refractivity contribution is 6.36. The molecule has 1 atom stereocenters. The predicted octanol–water partition coefficient (Wildman–Crippen LogP) is 3.24. The van der Waals surface area contributed by atoms with Crippen LogP contribution in [0.1, 0.15) is 11.7 Å². The topological polar surface area (TPSA) is 74.2 Å². The average Bonchev–Trinajstić information content (AvgIpc) is 2.46. The molecule has 0 saturated heterocycles. The van der Waals surface area contributed by atoms with Crippen LogP contribution in [-0.2, 0) is 0 Å². The normalized spacial score (nSPS) is 11.8. The molecule has 0 bridgehead atoms. The second kappa shape index (κ2) is 7.26. The lowest BCUT2D eigenvalue weighted by atomic mass is 10.1. The average molecular weight is 326 g/mol. The van der Waals surface area contributed by atoms with Gasteiger partial charge in [-0.15, -0.1) is 0 Å². The number of carbonyl (C=O) groups excluding carboxylic acids is 1. The van der Waals surface area contributed by atoms with Crippen molar-refractivity contribution in [3.63, 3.8) is 0 Å². The monoisotopic (exact) mass is 325 g/mol. The molecular formula is C14H13Cl2N3O2. The molecule has 21 heavy (non-hydrogen) atoms. The number of aliphatic hydroxyl groups is 1. The number of benzene rings is 1. The van der Waals surface area contributed by atoms with E-state index in [4.69, 9.17) is 23.2 Å². The van der Waals surface area contributed by atoms with Crippen LogP contribution >= 0.6 is 23.2 Å². The molecule has 2 rings (SSSR count). The number of halogens is 2. The van der Waals surface area contributed by atoms with E-state index in [0.29, 0.717) is 21.3 Å². The Bertz CT molecular complexity index is 603. The van der Waals surface area contributed by atoms with Crippen LogP contribution in [-0.4, -0.2) is 22.7 Å². The van der Waals surface area contributed by atoms with Crippen molar-refractivity contribution in [1.29, 1.82) is 0 Å². The molecular weight excluding hydrogens is 313 g/mol. The Hall–Kier alpha value is -1.82. The van der Waals surface area contributed by atoms with Gasteiger partial charge in [0.15, 0.2) is 0 Å². The summed E-state index contributed by atoms with van der Waals surface area (Å²) in [6, 6.07) is 7.89. The maximum atomic E-state index is 11.7. The number of nitrogens with one attached hydrogen (secondary N) is 2. The minimum Gasteiger partial charge on any atom is -0.386 e. The van der Waals surface area contributed by atoms with Gasteiger partial charge in [-0.2, -0.15) is 0 Å². The largest absolute Gasteiger partial charge is 0.386 e. The molecule has 1 unspecified atom stereocenters. The summed E-state index contributed by atoms with van der Waals surface area (Å²) in [7, 11) is 0. The van der Waals surface area contributed by atoms with E-state index in [1.807, 2.05) is 0 Å². The summed E-state index contributed by atoms with van der Waals surface area (Å²) >= 11 is 12.0. The fourth-order valence-electron chi connectivity index (χ4n) is 1.73. The minimum absolute atomic E-state index is 0.0183. The van der Waals surface area contributed by atoms with Gasteiger partial charge < -0.3 is 15.7 Å². The van der Waals surface area contributed by atoms with E-state index in [1.54, 1.807) is 36.5 Å². The molecule has 0 radical (unpaired) electrons. The molecule has 2 amide bonds. The van der Waals surface area contributed by atoms with Gasteiger partial charge >= 0.3 is 6.03 Å². The fourth-order valence-corrected chi connectivity index (χ4v) is 2.38. The number of pyridine rings is 1. The quantitative estimate of drug-likeness (QED) is 0.807. The van der Waals surface area contributed by atoms with Crippen LogP contribution in [0, 0.1) is 0 Å². The molecule has 0 spiro atoms. The summed E-state index contributed by atoms with van der Waals surface area (Å²) in [5, 5.41) is 15.9. The first-order valence-corrected chi connectivity index (χ1v) is 6.90. The summed E-state index contributed by atoms with van der Waals surface area (Å²) in [5.41, 5.74) is 0.947. The molecule has 110 valence electrons. The maximum Gasteiger partial charge on any atom is 0.319 e. The molecule has 3 N–H and O–H groups in total. The van der Waals surface area contributed by atoms with E-state index in [2.05, 4.69) is 15.6 Å². The van der Waals surface area contributed by atoms with Crippen LogP contribution in [0.15, 0.2) is 42.7 Å². The zero-order valence-electron chi connectivity index (χ0n) is 10.9. The summed E-state index contributed by atoms with van der Waals surface area (Å²) < 4.78 is 0. The minimum atomic E-state index is -0.995. The number of hydrogen-bond acceptors (Lipinski definition) is 3. The Morgan fingerprint density at radius 2 is 1.95 bits per heavy atom. The summed E-state index contributed by atoms with van der Waals surface area (Å²) in [4.78, 5) is 15.6. The lowest BCUT2D eigenvalue weighted by Gasteiger charge is -2.15. The first-order chi connectivity index (χ1) is 10.1. The Kier molecular flexibility index (Phi) is 5.38. The second-order valence-electron chi connectivity index (χ2n) is 4.23. The first-order valence-electron chi connectivity index (χ1n) is 6.15. The smallest absolute Gasteiger partial charge is 0.319 e. The predicted molar refractivity (Wildman–Crippen MR) is 82.7 cm³/mol. The lowest BCUT2D eigenvalue weighted by Crippen LogP contribution is -2.32. The molecule has 2 aromatic rings. The van der Waals surface area contributed by atoms with Gasteiger partial charge in [-0.05, 0) is 24.3 Å². The third-order valence-electron chi connectivity index (χ3n) is 2.71. The number of rotatable bonds is 4. The van der Waals surface area contributed by atoms with Gasteiger partial charge in [0.2, 0.25) is 0 Å². The van der Waals surface area contributed by atoms with Crippen molar-refractivity contribution in [2.45, 2.75) is 6.10 Å². The molecule has 0 saturated carbocycles. The fraction of sp³-hybridized carbons (Fsp3) is 0.143. The van der Waals surface area contributed by atoms with Gasteiger partial charge in [-0.1, -0.05) is 29.3 Å². The number of aliphatic hydroxyl groups excluding tert-OH is 1. The maximum absolute atomic E-state index is 11.7. The molecule has 1 aromatic carbocycles. The standard InChI is InChI=1S/C14H13Cl2N3O2/c15-10-4-1-5-11(16)13(10)12(20)8-18-14(21)19-9-3-2-6-17-7-9/h1-7,12,20H,8H2,(H2,18,19,21). The molecule has 7 heteroatoms. The molecule has 0 aliphatic heterocycles. The van der Waals surface area contributed by atoms with Crippen LogP contribution in [0.3, 0.4) is 0 Å². The number of urea groups is 1. The summed E-state index contributed by atoms with van der Waals surface area (Å²) in [5.74, 6) is 0. The highest BCUT2D eigenvalue weighted by atomic mass is 35.5. The molecule has 0 aliphatic rings. The van der Waals surface area contributed by atoms with Crippen molar-refractivity contribution < 1.29 is 9.90 Å². The number of anilines is 1. The third kappa shape index (κ3) is 4.32. The summed E-state index contributed by atoms with van der Waals surface area (Å²) in [6.07, 6.45) is 2.12. The highest BCUT2D eigenvalue weighted by Gasteiger charge is 2.16. The van der Waals surface area contributed by atoms with Gasteiger partial charge in [0.1, 0.15) is 0 Å². The van der Waals surface area contributed by atoms with Crippen LogP contribution in [0.4, 0.5) is 10.5 Å². The van der Waals surface area contributed by atoms with Crippen LogP contribution in [0.2, 0.25) is 10.0 Å². The van der Waals surface area contributed by atoms with Gasteiger partial charge in [0, 0.05) is 28.4 Å². The highest BCUT2D eigenvalue weighted by Crippen LogP contribution is 2.29. The Morgan fingerprint density at radius 3 is 2.57 bits per heavy atom. The Morgan fingerprint density at radius 1 is 1.24 bits per heavy atom. The van der Waals surface area contributed by atoms with E-state index in [1.165, 1.54) is 6.20 Å². The molecule has 0 fully saturated rings. The Labute approximate surface area is 131 Å². The van der Waals surface area contributed by atoms with E-state index < -0.39 is 12.1 Å². The van der Waals surface area contributed by atoms with Crippen molar-refractivity contribution in [3.05, 3.63) is 58.3 Å². The van der Waals surface area contributed by atoms with Crippen molar-refractivity contribution in [3.8, 4) is 0 Å². The zero-order chi connectivity index (χ0) is 15.2. The van der Waals surface area contributed by atoms with E-state index >= 15 is 0 Å². The number of amides is 2. The third-order valence-corrected chi connectivity index (χ3v) is 3.37.